The van der Waals surface area contributed by atoms with Gasteiger partial charge in [-0.25, -0.2) is 0 Å². The molecule has 0 aliphatic rings. The zero-order valence-electron chi connectivity index (χ0n) is 15.2. The number of rotatable bonds is 6. The van der Waals surface area contributed by atoms with Gasteiger partial charge < -0.3 is 10.4 Å². The highest BCUT2D eigenvalue weighted by molar-refractivity contribution is 5.93. The summed E-state index contributed by atoms with van der Waals surface area (Å²) in [6.07, 6.45) is 1.02. The number of benzene rings is 1. The standard InChI is InChI=1S/C19H23N5O2/c1-4-9-24-13(3)16(12(2)23-24)11-20-19(26)18-10-17(21-22-18)14-5-7-15(25)8-6-14/h5-8,10,25H,4,9,11H2,1-3H3,(H,20,26)(H,21,22). The van der Waals surface area contributed by atoms with E-state index < -0.39 is 0 Å². The van der Waals surface area contributed by atoms with Crippen molar-refractivity contribution >= 4 is 5.91 Å². The number of aryl methyl sites for hydroxylation is 2. The van der Waals surface area contributed by atoms with Crippen molar-refractivity contribution in [2.24, 2.45) is 0 Å². The fourth-order valence-corrected chi connectivity index (χ4v) is 2.90. The van der Waals surface area contributed by atoms with Gasteiger partial charge in [0, 0.05) is 29.9 Å². The Kier molecular flexibility index (Phi) is 5.06. The molecular weight excluding hydrogens is 330 g/mol. The molecule has 7 heteroatoms. The Hall–Kier alpha value is -3.09. The molecule has 0 radical (unpaired) electrons. The summed E-state index contributed by atoms with van der Waals surface area (Å²) in [5, 5.41) is 23.7. The minimum absolute atomic E-state index is 0.191. The van der Waals surface area contributed by atoms with Crippen LogP contribution in [0.5, 0.6) is 5.75 Å². The number of nitrogens with one attached hydrogen (secondary N) is 2. The molecule has 3 rings (SSSR count). The van der Waals surface area contributed by atoms with E-state index in [-0.39, 0.29) is 11.7 Å². The molecule has 2 aromatic heterocycles. The van der Waals surface area contributed by atoms with Crippen molar-refractivity contribution in [2.45, 2.75) is 40.3 Å². The molecule has 3 aromatic rings. The van der Waals surface area contributed by atoms with Crippen LogP contribution in [0.2, 0.25) is 0 Å². The van der Waals surface area contributed by atoms with Gasteiger partial charge in [-0.1, -0.05) is 6.92 Å². The van der Waals surface area contributed by atoms with Crippen LogP contribution < -0.4 is 5.32 Å². The summed E-state index contributed by atoms with van der Waals surface area (Å²) in [5.74, 6) is -0.0267. The normalized spacial score (nSPS) is 10.9. The van der Waals surface area contributed by atoms with Crippen LogP contribution in [-0.4, -0.2) is 31.0 Å². The van der Waals surface area contributed by atoms with Crippen LogP contribution in [0.15, 0.2) is 30.3 Å². The minimum Gasteiger partial charge on any atom is -0.508 e. The molecule has 26 heavy (non-hydrogen) atoms. The maximum Gasteiger partial charge on any atom is 0.269 e. The number of phenolic OH excluding ortho intramolecular Hbond substituents is 1. The Morgan fingerprint density at radius 2 is 2.00 bits per heavy atom. The van der Waals surface area contributed by atoms with E-state index in [1.165, 1.54) is 0 Å². The Balaban J connectivity index is 1.69. The fourth-order valence-electron chi connectivity index (χ4n) is 2.90. The van der Waals surface area contributed by atoms with Gasteiger partial charge in [0.2, 0.25) is 0 Å². The van der Waals surface area contributed by atoms with E-state index in [1.54, 1.807) is 30.3 Å². The average Bonchev–Trinajstić information content (AvgIpc) is 3.20. The number of hydrogen-bond acceptors (Lipinski definition) is 4. The monoisotopic (exact) mass is 353 g/mol. The van der Waals surface area contributed by atoms with Crippen molar-refractivity contribution in [1.82, 2.24) is 25.3 Å². The predicted molar refractivity (Wildman–Crippen MR) is 98.9 cm³/mol. The molecule has 0 saturated carbocycles. The van der Waals surface area contributed by atoms with E-state index >= 15 is 0 Å². The first-order valence-corrected chi connectivity index (χ1v) is 8.65. The summed E-state index contributed by atoms with van der Waals surface area (Å²) in [6.45, 7) is 7.39. The van der Waals surface area contributed by atoms with Crippen molar-refractivity contribution < 1.29 is 9.90 Å². The number of nitrogens with zero attached hydrogens (tertiary/aromatic N) is 3. The van der Waals surface area contributed by atoms with Crippen molar-refractivity contribution in [1.29, 1.82) is 0 Å². The molecule has 0 bridgehead atoms. The molecule has 136 valence electrons. The van der Waals surface area contributed by atoms with Crippen LogP contribution in [0.25, 0.3) is 11.3 Å². The molecule has 0 atom stereocenters. The average molecular weight is 353 g/mol. The lowest BCUT2D eigenvalue weighted by Crippen LogP contribution is -2.23. The van der Waals surface area contributed by atoms with Gasteiger partial charge in [-0.05, 0) is 50.6 Å². The number of phenols is 1. The van der Waals surface area contributed by atoms with Crippen LogP contribution in [0.3, 0.4) is 0 Å². The summed E-state index contributed by atoms with van der Waals surface area (Å²) in [5.41, 5.74) is 4.93. The number of carbonyl (C=O) groups excluding carboxylic acids is 1. The van der Waals surface area contributed by atoms with E-state index in [0.29, 0.717) is 17.9 Å². The van der Waals surface area contributed by atoms with Crippen LogP contribution in [0.4, 0.5) is 0 Å². The van der Waals surface area contributed by atoms with Crippen LogP contribution in [-0.2, 0) is 13.1 Å². The molecule has 2 heterocycles. The van der Waals surface area contributed by atoms with Gasteiger partial charge in [0.15, 0.2) is 0 Å². The van der Waals surface area contributed by atoms with E-state index in [9.17, 15) is 9.90 Å². The molecule has 7 nitrogen and oxygen atoms in total. The lowest BCUT2D eigenvalue weighted by molar-refractivity contribution is 0.0946. The molecule has 0 aliphatic carbocycles. The molecule has 0 unspecified atom stereocenters. The number of aromatic amines is 1. The van der Waals surface area contributed by atoms with Crippen LogP contribution >= 0.6 is 0 Å². The molecule has 0 fully saturated rings. The third-order valence-corrected chi connectivity index (χ3v) is 4.38. The summed E-state index contributed by atoms with van der Waals surface area (Å²) < 4.78 is 1.98. The zero-order valence-corrected chi connectivity index (χ0v) is 15.2. The Morgan fingerprint density at radius 3 is 2.69 bits per heavy atom. The van der Waals surface area contributed by atoms with Gasteiger partial charge >= 0.3 is 0 Å². The van der Waals surface area contributed by atoms with E-state index in [4.69, 9.17) is 0 Å². The molecule has 3 N–H and O–H groups in total. The van der Waals surface area contributed by atoms with E-state index in [2.05, 4.69) is 27.5 Å². The van der Waals surface area contributed by atoms with Crippen molar-refractivity contribution in [3.05, 3.63) is 53.0 Å². The van der Waals surface area contributed by atoms with Crippen LogP contribution in [0, 0.1) is 13.8 Å². The first-order chi connectivity index (χ1) is 12.5. The van der Waals surface area contributed by atoms with Gasteiger partial charge in [0.1, 0.15) is 11.4 Å². The third-order valence-electron chi connectivity index (χ3n) is 4.38. The fraction of sp³-hybridized carbons (Fsp3) is 0.316. The second-order valence-corrected chi connectivity index (χ2v) is 6.27. The minimum atomic E-state index is -0.218. The SMILES string of the molecule is CCCn1nc(C)c(CNC(=O)c2cc(-c3ccc(O)cc3)n[nH]2)c1C. The Bertz CT molecular complexity index is 909. The Morgan fingerprint density at radius 1 is 1.27 bits per heavy atom. The van der Waals surface area contributed by atoms with Gasteiger partial charge in [-0.2, -0.15) is 10.2 Å². The maximum atomic E-state index is 12.4. The maximum absolute atomic E-state index is 12.4. The number of amides is 1. The number of hydrogen-bond donors (Lipinski definition) is 3. The number of carbonyl (C=O) groups is 1. The predicted octanol–water partition coefficient (Wildman–Crippen LogP) is 2.94. The summed E-state index contributed by atoms with van der Waals surface area (Å²) in [4.78, 5) is 12.4. The summed E-state index contributed by atoms with van der Waals surface area (Å²) >= 11 is 0. The van der Waals surface area contributed by atoms with Gasteiger partial charge in [-0.15, -0.1) is 0 Å². The molecule has 0 saturated heterocycles. The molecular formula is C19H23N5O2. The number of aromatic nitrogens is 4. The van der Waals surface area contributed by atoms with Crippen molar-refractivity contribution in [3.8, 4) is 17.0 Å². The number of H-pyrrole nitrogens is 1. The quantitative estimate of drug-likeness (QED) is 0.635. The zero-order chi connectivity index (χ0) is 18.7. The second-order valence-electron chi connectivity index (χ2n) is 6.27. The highest BCUT2D eigenvalue weighted by Gasteiger charge is 2.15. The first-order valence-electron chi connectivity index (χ1n) is 8.65. The van der Waals surface area contributed by atoms with Crippen LogP contribution in [0.1, 0.15) is 40.8 Å². The lowest BCUT2D eigenvalue weighted by atomic mass is 10.1. The third kappa shape index (κ3) is 3.61. The van der Waals surface area contributed by atoms with Crippen molar-refractivity contribution in [3.63, 3.8) is 0 Å². The molecule has 0 spiro atoms. The van der Waals surface area contributed by atoms with Gasteiger partial charge in [0.25, 0.3) is 5.91 Å². The smallest absolute Gasteiger partial charge is 0.269 e. The lowest BCUT2D eigenvalue weighted by Gasteiger charge is -2.05. The van der Waals surface area contributed by atoms with Gasteiger partial charge in [0.05, 0.1) is 11.4 Å². The van der Waals surface area contributed by atoms with E-state index in [0.717, 1.165) is 35.5 Å². The summed E-state index contributed by atoms with van der Waals surface area (Å²) in [6, 6.07) is 8.37. The molecule has 1 aromatic carbocycles. The second kappa shape index (κ2) is 7.43. The topological polar surface area (TPSA) is 95.8 Å². The number of aromatic hydroxyl groups is 1. The molecule has 1 amide bonds. The van der Waals surface area contributed by atoms with Crippen molar-refractivity contribution in [2.75, 3.05) is 0 Å². The van der Waals surface area contributed by atoms with E-state index in [1.807, 2.05) is 18.5 Å². The first kappa shape index (κ1) is 17.7. The largest absolute Gasteiger partial charge is 0.508 e. The summed E-state index contributed by atoms with van der Waals surface area (Å²) in [7, 11) is 0. The van der Waals surface area contributed by atoms with Gasteiger partial charge in [-0.3, -0.25) is 14.6 Å². The highest BCUT2D eigenvalue weighted by Crippen LogP contribution is 2.20. The molecule has 0 aliphatic heterocycles. The Labute approximate surface area is 152 Å². The highest BCUT2D eigenvalue weighted by atomic mass is 16.3.